The second kappa shape index (κ2) is 6.80. The van der Waals surface area contributed by atoms with Gasteiger partial charge in [-0.3, -0.25) is 9.59 Å². The predicted molar refractivity (Wildman–Crippen MR) is 73.9 cm³/mol. The fraction of sp³-hybridized carbons (Fsp3) is 0.188. The van der Waals surface area contributed by atoms with Crippen LogP contribution in [0.15, 0.2) is 40.8 Å². The minimum atomic E-state index is -1.06. The van der Waals surface area contributed by atoms with Gasteiger partial charge in [0.2, 0.25) is 11.6 Å². The topological polar surface area (TPSA) is 73.6 Å². The smallest absolute Gasteiger partial charge is 0.374 e. The van der Waals surface area contributed by atoms with Crippen LogP contribution in [0.25, 0.3) is 0 Å². The molecular weight excluding hydrogens is 291 g/mol. The number of ether oxygens (including phenoxy) is 1. The van der Waals surface area contributed by atoms with Crippen molar-refractivity contribution in [2.24, 2.45) is 0 Å². The van der Waals surface area contributed by atoms with E-state index in [1.165, 1.54) is 18.2 Å². The summed E-state index contributed by atoms with van der Waals surface area (Å²) in [6.07, 6.45) is -0.214. The lowest BCUT2D eigenvalue weighted by Gasteiger charge is -1.99. The second-order valence-corrected chi connectivity index (χ2v) is 4.58. The summed E-state index contributed by atoms with van der Waals surface area (Å²) in [5.41, 5.74) is 0.820. The molecule has 0 aliphatic heterocycles. The molecule has 0 radical (unpaired) electrons. The van der Waals surface area contributed by atoms with Crippen molar-refractivity contribution in [3.63, 3.8) is 0 Å². The number of esters is 1. The third-order valence-electron chi connectivity index (χ3n) is 2.96. The van der Waals surface area contributed by atoms with Crippen LogP contribution in [0.5, 0.6) is 0 Å². The zero-order chi connectivity index (χ0) is 16.1. The standard InChI is InChI=1S/C16H13FO5/c1-21-16(20)14(19)9-13(18)15-7-6-12(22-15)8-10-2-4-11(17)5-3-10/h2-7H,8-9H2,1H3. The normalized spacial score (nSPS) is 10.3. The van der Waals surface area contributed by atoms with Crippen molar-refractivity contribution in [1.82, 2.24) is 0 Å². The van der Waals surface area contributed by atoms with Gasteiger partial charge in [-0.25, -0.2) is 9.18 Å². The molecule has 0 N–H and O–H groups in total. The SMILES string of the molecule is COC(=O)C(=O)CC(=O)c1ccc(Cc2ccc(F)cc2)o1. The highest BCUT2D eigenvalue weighted by Gasteiger charge is 2.21. The van der Waals surface area contributed by atoms with E-state index in [-0.39, 0.29) is 11.6 Å². The number of rotatable bonds is 6. The quantitative estimate of drug-likeness (QED) is 0.354. The van der Waals surface area contributed by atoms with Crippen molar-refractivity contribution in [3.05, 3.63) is 59.3 Å². The van der Waals surface area contributed by atoms with Crippen molar-refractivity contribution < 1.29 is 27.9 Å². The number of carbonyl (C=O) groups is 3. The minimum absolute atomic E-state index is 0.00522. The summed E-state index contributed by atoms with van der Waals surface area (Å²) in [6, 6.07) is 8.92. The number of hydrogen-bond acceptors (Lipinski definition) is 5. The Balaban J connectivity index is 2.01. The first-order valence-corrected chi connectivity index (χ1v) is 6.47. The molecule has 5 nitrogen and oxygen atoms in total. The minimum Gasteiger partial charge on any atom is -0.463 e. The Labute approximate surface area is 125 Å². The number of hydrogen-bond donors (Lipinski definition) is 0. The molecule has 0 atom stereocenters. The van der Waals surface area contributed by atoms with Crippen LogP contribution in [0, 0.1) is 5.82 Å². The molecular formula is C16H13FO5. The molecule has 1 heterocycles. The maximum absolute atomic E-state index is 12.8. The largest absolute Gasteiger partial charge is 0.463 e. The van der Waals surface area contributed by atoms with Gasteiger partial charge in [-0.2, -0.15) is 0 Å². The number of furan rings is 1. The Kier molecular flexibility index (Phi) is 4.83. The number of halogens is 1. The van der Waals surface area contributed by atoms with Crippen molar-refractivity contribution >= 4 is 17.5 Å². The van der Waals surface area contributed by atoms with Crippen molar-refractivity contribution in [3.8, 4) is 0 Å². The van der Waals surface area contributed by atoms with Crippen molar-refractivity contribution in [1.29, 1.82) is 0 Å². The summed E-state index contributed by atoms with van der Waals surface area (Å²) >= 11 is 0. The van der Waals surface area contributed by atoms with Crippen LogP contribution in [-0.4, -0.2) is 24.6 Å². The Morgan fingerprint density at radius 3 is 2.41 bits per heavy atom. The number of carbonyl (C=O) groups excluding carboxylic acids is 3. The summed E-state index contributed by atoms with van der Waals surface area (Å²) in [5, 5.41) is 0. The highest BCUT2D eigenvalue weighted by Crippen LogP contribution is 2.15. The Morgan fingerprint density at radius 1 is 1.09 bits per heavy atom. The molecule has 0 spiro atoms. The predicted octanol–water partition coefficient (Wildman–Crippen LogP) is 2.32. The molecule has 0 bridgehead atoms. The highest BCUT2D eigenvalue weighted by atomic mass is 19.1. The van der Waals surface area contributed by atoms with Crippen molar-refractivity contribution in [2.45, 2.75) is 12.8 Å². The van der Waals surface area contributed by atoms with Gasteiger partial charge in [0.25, 0.3) is 0 Å². The molecule has 114 valence electrons. The van der Waals surface area contributed by atoms with E-state index in [0.717, 1.165) is 12.7 Å². The average molecular weight is 304 g/mol. The van der Waals surface area contributed by atoms with E-state index in [1.807, 2.05) is 0 Å². The maximum atomic E-state index is 12.8. The number of Topliss-reactive ketones (excluding diaryl/α,β-unsaturated/α-hetero) is 2. The molecule has 2 aromatic rings. The average Bonchev–Trinajstić information content (AvgIpc) is 2.97. The van der Waals surface area contributed by atoms with Gasteiger partial charge < -0.3 is 9.15 Å². The summed E-state index contributed by atoms with van der Waals surface area (Å²) in [7, 11) is 1.07. The van der Waals surface area contributed by atoms with Gasteiger partial charge in [-0.05, 0) is 29.8 Å². The first-order valence-electron chi connectivity index (χ1n) is 6.47. The molecule has 22 heavy (non-hydrogen) atoms. The molecule has 6 heteroatoms. The van der Waals surface area contributed by atoms with Crippen LogP contribution in [-0.2, 0) is 20.7 Å². The summed E-state index contributed by atoms with van der Waals surface area (Å²) < 4.78 is 22.4. The van der Waals surface area contributed by atoms with Crippen LogP contribution in [0.3, 0.4) is 0 Å². The van der Waals surface area contributed by atoms with Gasteiger partial charge >= 0.3 is 5.97 Å². The lowest BCUT2D eigenvalue weighted by molar-refractivity contribution is -0.151. The van der Waals surface area contributed by atoms with E-state index < -0.39 is 24.0 Å². The van der Waals surface area contributed by atoms with Gasteiger partial charge in [0, 0.05) is 6.42 Å². The molecule has 0 saturated carbocycles. The Hall–Kier alpha value is -2.76. The molecule has 0 aliphatic carbocycles. The first kappa shape index (κ1) is 15.6. The fourth-order valence-electron chi connectivity index (χ4n) is 1.85. The number of benzene rings is 1. The Morgan fingerprint density at radius 2 is 1.77 bits per heavy atom. The van der Waals surface area contributed by atoms with Gasteiger partial charge in [0.15, 0.2) is 5.76 Å². The molecule has 2 rings (SSSR count). The van der Waals surface area contributed by atoms with Crippen LogP contribution < -0.4 is 0 Å². The molecule has 0 saturated heterocycles. The second-order valence-electron chi connectivity index (χ2n) is 4.58. The maximum Gasteiger partial charge on any atom is 0.374 e. The third kappa shape index (κ3) is 3.88. The molecule has 0 unspecified atom stereocenters. The van der Waals surface area contributed by atoms with Gasteiger partial charge in [0.1, 0.15) is 11.6 Å². The first-order chi connectivity index (χ1) is 10.5. The van der Waals surface area contributed by atoms with E-state index in [2.05, 4.69) is 4.74 Å². The monoisotopic (exact) mass is 304 g/mol. The van der Waals surface area contributed by atoms with Crippen LogP contribution in [0.1, 0.15) is 28.3 Å². The fourth-order valence-corrected chi connectivity index (χ4v) is 1.85. The van der Waals surface area contributed by atoms with Crippen LogP contribution >= 0.6 is 0 Å². The van der Waals surface area contributed by atoms with Gasteiger partial charge in [0.05, 0.1) is 13.5 Å². The van der Waals surface area contributed by atoms with Gasteiger partial charge in [-0.15, -0.1) is 0 Å². The summed E-state index contributed by atoms with van der Waals surface area (Å²) in [5.74, 6) is -2.42. The van der Waals surface area contributed by atoms with Crippen LogP contribution in [0.4, 0.5) is 4.39 Å². The van der Waals surface area contributed by atoms with E-state index in [4.69, 9.17) is 4.42 Å². The summed E-state index contributed by atoms with van der Waals surface area (Å²) in [4.78, 5) is 34.1. The van der Waals surface area contributed by atoms with E-state index in [1.54, 1.807) is 18.2 Å². The Bertz CT molecular complexity index is 700. The zero-order valence-corrected chi connectivity index (χ0v) is 11.8. The van der Waals surface area contributed by atoms with E-state index in [9.17, 15) is 18.8 Å². The third-order valence-corrected chi connectivity index (χ3v) is 2.96. The lowest BCUT2D eigenvalue weighted by Crippen LogP contribution is -2.19. The molecule has 0 fully saturated rings. The highest BCUT2D eigenvalue weighted by molar-refractivity contribution is 6.37. The number of ketones is 2. The summed E-state index contributed by atoms with van der Waals surface area (Å²) in [6.45, 7) is 0. The van der Waals surface area contributed by atoms with E-state index in [0.29, 0.717) is 12.2 Å². The molecule has 1 aromatic heterocycles. The molecule has 1 aromatic carbocycles. The molecule has 0 amide bonds. The molecule has 0 aliphatic rings. The lowest BCUT2D eigenvalue weighted by atomic mass is 10.1. The van der Waals surface area contributed by atoms with Crippen LogP contribution in [0.2, 0.25) is 0 Å². The van der Waals surface area contributed by atoms with Crippen molar-refractivity contribution in [2.75, 3.05) is 7.11 Å². The van der Waals surface area contributed by atoms with Gasteiger partial charge in [-0.1, -0.05) is 12.1 Å². The zero-order valence-electron chi connectivity index (χ0n) is 11.8. The van der Waals surface area contributed by atoms with E-state index >= 15 is 0 Å². The number of methoxy groups -OCH3 is 1.